The van der Waals surface area contributed by atoms with E-state index >= 15 is 0 Å². The van der Waals surface area contributed by atoms with Crippen molar-refractivity contribution in [2.75, 3.05) is 25.0 Å². The highest BCUT2D eigenvalue weighted by molar-refractivity contribution is 6.33. The van der Waals surface area contributed by atoms with Gasteiger partial charge in [-0.05, 0) is 51.0 Å². The van der Waals surface area contributed by atoms with Crippen molar-refractivity contribution in [2.45, 2.75) is 75.9 Å². The lowest BCUT2D eigenvalue weighted by Gasteiger charge is -2.43. The lowest BCUT2D eigenvalue weighted by atomic mass is 9.78. The molecule has 0 aromatic carbocycles. The Bertz CT molecular complexity index is 664. The zero-order valence-electron chi connectivity index (χ0n) is 16.0. The Balaban J connectivity index is 1.41. The topological polar surface area (TPSA) is 54.5 Å². The Morgan fingerprint density at radius 1 is 1.19 bits per heavy atom. The molecule has 3 aliphatic rings. The average molecular weight is 392 g/mol. The van der Waals surface area contributed by atoms with E-state index < -0.39 is 0 Å². The normalized spacial score (nSPS) is 25.4. The minimum Gasteiger partial charge on any atom is -0.375 e. The van der Waals surface area contributed by atoms with Gasteiger partial charge in [-0.2, -0.15) is 0 Å². The minimum absolute atomic E-state index is 0.0443. The number of amides is 1. The van der Waals surface area contributed by atoms with Crippen LogP contribution >= 0.6 is 11.6 Å². The van der Waals surface area contributed by atoms with E-state index in [-0.39, 0.29) is 11.5 Å². The van der Waals surface area contributed by atoms with Crippen LogP contribution in [0.2, 0.25) is 5.02 Å². The lowest BCUT2D eigenvalue weighted by molar-refractivity contribution is -0.103. The van der Waals surface area contributed by atoms with Gasteiger partial charge in [0.1, 0.15) is 5.82 Å². The van der Waals surface area contributed by atoms with E-state index in [1.54, 1.807) is 12.3 Å². The molecule has 1 atom stereocenters. The number of piperidine rings is 1. The van der Waals surface area contributed by atoms with Gasteiger partial charge in [0.15, 0.2) is 0 Å². The highest BCUT2D eigenvalue weighted by atomic mass is 35.5. The summed E-state index contributed by atoms with van der Waals surface area (Å²) in [6.45, 7) is 2.46. The van der Waals surface area contributed by atoms with Crippen LogP contribution in [-0.2, 0) is 4.74 Å². The number of ether oxygens (including phenoxy) is 1. The number of pyridine rings is 1. The molecule has 1 aromatic rings. The van der Waals surface area contributed by atoms with Crippen LogP contribution in [-0.4, -0.2) is 47.1 Å². The minimum atomic E-state index is 0.0443. The van der Waals surface area contributed by atoms with Gasteiger partial charge in [-0.1, -0.05) is 30.9 Å². The summed E-state index contributed by atoms with van der Waals surface area (Å²) in [7, 11) is 0. The number of carbonyl (C=O) groups excluding carboxylic acids is 1. The summed E-state index contributed by atoms with van der Waals surface area (Å²) >= 11 is 6.48. The Kier molecular flexibility index (Phi) is 5.88. The first kappa shape index (κ1) is 19.0. The molecule has 0 bridgehead atoms. The number of likely N-dealkylation sites (tertiary alicyclic amines) is 1. The van der Waals surface area contributed by atoms with Gasteiger partial charge in [0.05, 0.1) is 16.2 Å². The molecule has 27 heavy (non-hydrogen) atoms. The number of aromatic nitrogens is 1. The van der Waals surface area contributed by atoms with Crippen LogP contribution in [0.15, 0.2) is 12.3 Å². The largest absolute Gasteiger partial charge is 0.375 e. The molecule has 1 aromatic heterocycles. The van der Waals surface area contributed by atoms with Crippen molar-refractivity contribution < 1.29 is 9.53 Å². The highest BCUT2D eigenvalue weighted by Crippen LogP contribution is 2.39. The average Bonchev–Trinajstić information content (AvgIpc) is 2.70. The second-order valence-electron chi connectivity index (χ2n) is 8.33. The molecule has 1 aliphatic carbocycles. The Labute approximate surface area is 166 Å². The van der Waals surface area contributed by atoms with Crippen molar-refractivity contribution in [1.82, 2.24) is 9.88 Å². The summed E-state index contributed by atoms with van der Waals surface area (Å²) in [4.78, 5) is 19.0. The Hall–Kier alpha value is -1.33. The Morgan fingerprint density at radius 3 is 2.67 bits per heavy atom. The van der Waals surface area contributed by atoms with E-state index in [4.69, 9.17) is 16.3 Å². The predicted octanol–water partition coefficient (Wildman–Crippen LogP) is 4.65. The quantitative estimate of drug-likeness (QED) is 0.814. The first-order valence-electron chi connectivity index (χ1n) is 10.5. The number of rotatable bonds is 3. The van der Waals surface area contributed by atoms with Crippen molar-refractivity contribution in [3.63, 3.8) is 0 Å². The number of hydrogen-bond acceptors (Lipinski definition) is 4. The van der Waals surface area contributed by atoms with Gasteiger partial charge in [-0.3, -0.25) is 4.79 Å². The molecule has 4 rings (SSSR count). The van der Waals surface area contributed by atoms with Crippen molar-refractivity contribution in [1.29, 1.82) is 0 Å². The summed E-state index contributed by atoms with van der Waals surface area (Å²) in [5.41, 5.74) is 0.633. The van der Waals surface area contributed by atoms with Crippen molar-refractivity contribution in [3.8, 4) is 0 Å². The molecule has 0 radical (unpaired) electrons. The van der Waals surface area contributed by atoms with E-state index in [1.807, 2.05) is 4.90 Å². The molecule has 1 N–H and O–H groups in total. The summed E-state index contributed by atoms with van der Waals surface area (Å²) in [6.07, 6.45) is 13.2. The molecular weight excluding hydrogens is 362 g/mol. The van der Waals surface area contributed by atoms with Crippen LogP contribution < -0.4 is 5.32 Å². The monoisotopic (exact) mass is 391 g/mol. The van der Waals surface area contributed by atoms with E-state index in [0.717, 1.165) is 58.2 Å². The lowest BCUT2D eigenvalue weighted by Crippen LogP contribution is -2.45. The Morgan fingerprint density at radius 2 is 1.93 bits per heavy atom. The fourth-order valence-corrected chi connectivity index (χ4v) is 5.05. The fourth-order valence-electron chi connectivity index (χ4n) is 4.83. The van der Waals surface area contributed by atoms with Crippen LogP contribution in [0.25, 0.3) is 0 Å². The predicted molar refractivity (Wildman–Crippen MR) is 107 cm³/mol. The number of nitrogens with zero attached hydrogens (tertiary/aromatic N) is 2. The van der Waals surface area contributed by atoms with Gasteiger partial charge in [0, 0.05) is 31.9 Å². The first-order valence-corrected chi connectivity index (χ1v) is 10.9. The van der Waals surface area contributed by atoms with E-state index in [2.05, 4.69) is 10.3 Å². The van der Waals surface area contributed by atoms with Crippen molar-refractivity contribution in [3.05, 3.63) is 22.8 Å². The van der Waals surface area contributed by atoms with Crippen molar-refractivity contribution in [2.24, 2.45) is 0 Å². The number of halogens is 1. The van der Waals surface area contributed by atoms with E-state index in [9.17, 15) is 4.79 Å². The van der Waals surface area contributed by atoms with Gasteiger partial charge in [-0.25, -0.2) is 4.98 Å². The molecule has 5 nitrogen and oxygen atoms in total. The van der Waals surface area contributed by atoms with Crippen LogP contribution in [0.1, 0.15) is 74.6 Å². The van der Waals surface area contributed by atoms with E-state index in [0.29, 0.717) is 22.4 Å². The van der Waals surface area contributed by atoms with Gasteiger partial charge in [0.2, 0.25) is 0 Å². The summed E-state index contributed by atoms with van der Waals surface area (Å²) in [5.74, 6) is 0.729. The summed E-state index contributed by atoms with van der Waals surface area (Å²) in [6, 6.07) is 2.09. The summed E-state index contributed by atoms with van der Waals surface area (Å²) < 4.78 is 6.18. The number of carbonyl (C=O) groups is 1. The molecule has 3 heterocycles. The van der Waals surface area contributed by atoms with Crippen molar-refractivity contribution >= 4 is 23.3 Å². The molecule has 1 unspecified atom stereocenters. The molecule has 3 fully saturated rings. The third-order valence-electron chi connectivity index (χ3n) is 6.33. The molecule has 2 aliphatic heterocycles. The van der Waals surface area contributed by atoms with Crippen LogP contribution in [0, 0.1) is 0 Å². The second-order valence-corrected chi connectivity index (χ2v) is 8.74. The van der Waals surface area contributed by atoms with Gasteiger partial charge in [-0.15, -0.1) is 0 Å². The third kappa shape index (κ3) is 4.40. The summed E-state index contributed by atoms with van der Waals surface area (Å²) in [5, 5.41) is 4.05. The van der Waals surface area contributed by atoms with Gasteiger partial charge in [0.25, 0.3) is 5.91 Å². The number of anilines is 1. The second kappa shape index (κ2) is 8.36. The van der Waals surface area contributed by atoms with E-state index in [1.165, 1.54) is 25.7 Å². The van der Waals surface area contributed by atoms with Crippen LogP contribution in [0.3, 0.4) is 0 Å². The van der Waals surface area contributed by atoms with Crippen LogP contribution in [0.4, 0.5) is 5.82 Å². The standard InChI is InChI=1S/C21H30ClN3O2/c22-18-13-16(20(26)25-10-5-2-6-11-25)15-23-19(18)24-17-7-12-27-21(14-17)8-3-1-4-9-21/h13,15,17H,1-12,14H2,(H,23,24). The number of nitrogens with one attached hydrogen (secondary N) is 1. The zero-order valence-corrected chi connectivity index (χ0v) is 16.8. The zero-order chi connectivity index (χ0) is 18.7. The molecule has 1 amide bonds. The molecule has 1 saturated carbocycles. The maximum atomic E-state index is 12.6. The van der Waals surface area contributed by atoms with Gasteiger partial charge < -0.3 is 15.0 Å². The van der Waals surface area contributed by atoms with Crippen LogP contribution in [0.5, 0.6) is 0 Å². The molecule has 2 saturated heterocycles. The van der Waals surface area contributed by atoms with Gasteiger partial charge >= 0.3 is 0 Å². The SMILES string of the molecule is O=C(c1cnc(NC2CCOC3(CCCCC3)C2)c(Cl)c1)N1CCCCC1. The molecule has 6 heteroatoms. The fraction of sp³-hybridized carbons (Fsp3) is 0.714. The molecule has 148 valence electrons. The smallest absolute Gasteiger partial charge is 0.255 e. The molecule has 1 spiro atoms. The maximum Gasteiger partial charge on any atom is 0.255 e. The maximum absolute atomic E-state index is 12.6. The molecular formula is C21H30ClN3O2. The first-order chi connectivity index (χ1) is 13.2. The number of hydrogen-bond donors (Lipinski definition) is 1. The third-order valence-corrected chi connectivity index (χ3v) is 6.62. The highest BCUT2D eigenvalue weighted by Gasteiger charge is 2.38.